The fourth-order valence-electron chi connectivity index (χ4n) is 11.8. The molecule has 0 radical (unpaired) electrons. The molecule has 2 aliphatic heterocycles. The molecular formula is C75H96ClF3N8O10. The number of alkyl halides is 3. The van der Waals surface area contributed by atoms with Crippen molar-refractivity contribution >= 4 is 69.9 Å². The number of Topliss-reactive ketones (excluding diaryl/α,β-unsaturated/α-hetero) is 4. The number of carbonyl (C=O) groups is 8. The second-order valence-corrected chi connectivity index (χ2v) is 24.8. The van der Waals surface area contributed by atoms with Crippen molar-refractivity contribution in [2.75, 3.05) is 60.9 Å². The molecule has 18 nitrogen and oxygen atoms in total. The molecule has 0 saturated heterocycles. The molecule has 0 bridgehead atoms. The fraction of sp³-hybridized carbons (Fsp3) is 0.520. The number of hydrogen-bond acceptors (Lipinski definition) is 13. The number of unbranched alkanes of at least 4 members (excludes halogenated alkanes) is 4. The number of amides is 4. The van der Waals surface area contributed by atoms with Gasteiger partial charge in [0, 0.05) is 138 Å². The summed E-state index contributed by atoms with van der Waals surface area (Å²) in [5, 5.41) is 12.6. The number of ether oxygens (including phenoxy) is 2. The zero-order valence-electron chi connectivity index (χ0n) is 56.8. The van der Waals surface area contributed by atoms with Crippen LogP contribution in [0.1, 0.15) is 198 Å². The topological polar surface area (TPSA) is 220 Å². The lowest BCUT2D eigenvalue weighted by Gasteiger charge is -2.30. The highest BCUT2D eigenvalue weighted by Crippen LogP contribution is 2.42. The summed E-state index contributed by atoms with van der Waals surface area (Å²) in [6.45, 7) is 12.1. The number of nitrogens with one attached hydrogen (secondary N) is 2. The van der Waals surface area contributed by atoms with E-state index in [-0.39, 0.29) is 111 Å². The lowest BCUT2D eigenvalue weighted by Crippen LogP contribution is -2.42. The summed E-state index contributed by atoms with van der Waals surface area (Å²) in [6, 6.07) is 30.3. The third-order valence-corrected chi connectivity index (χ3v) is 17.1. The van der Waals surface area contributed by atoms with E-state index in [0.29, 0.717) is 126 Å². The van der Waals surface area contributed by atoms with Crippen molar-refractivity contribution in [2.24, 2.45) is 11.8 Å². The zero-order chi connectivity index (χ0) is 70.0. The number of anilines is 2. The van der Waals surface area contributed by atoms with Crippen LogP contribution in [0, 0.1) is 23.7 Å². The third kappa shape index (κ3) is 24.9. The number of benzene rings is 4. The molecule has 2 N–H and O–H groups in total. The molecule has 2 aliphatic rings. The number of aromatic nitrogens is 3. The van der Waals surface area contributed by atoms with E-state index in [1.807, 2.05) is 123 Å². The molecule has 5 aromatic rings. The summed E-state index contributed by atoms with van der Waals surface area (Å²) in [5.74, 6) is 2.55. The number of fused-ring (bicyclic) bond motifs is 7. The molecular weight excluding hydrogens is 1270 g/mol. The van der Waals surface area contributed by atoms with Crippen LogP contribution >= 0.6 is 11.8 Å². The molecule has 97 heavy (non-hydrogen) atoms. The molecule has 3 heterocycles. The van der Waals surface area contributed by atoms with Crippen LogP contribution in [-0.2, 0) is 60.9 Å². The first kappa shape index (κ1) is 78.1. The van der Waals surface area contributed by atoms with Crippen LogP contribution in [0.15, 0.2) is 97.1 Å². The standard InChI is InChI=1S/C40H55ClN6O5.C35H41F3N2O5/c1-4-15-38(51)46(25-5-2)47-40-34-19-9-10-20-35(34)45(29-31-17-7-8-18-33(31)39(40)43-44-47)37(50)23-22-32(48)28-30(16-11-13-24-42-41)36(49)21-12-14-27-52-26-6-3;1-2-22-45-23-10-8-16-32(42)28(13-7-9-21-39-34(44)35(36,37)38)24-30(41)19-20-33(43)40-25-29-14-4-3-11-26(29)17-18-27-12-5-6-15-31(27)40/h7-10,17-20,30,42H,4-6,11-16,21-29H2,1-3H3;3-6,11-12,14-15,28H,2,7-10,13,16,19-25H2,1H3,(H,39,44). The van der Waals surface area contributed by atoms with Crippen molar-refractivity contribution in [3.05, 3.63) is 119 Å². The van der Waals surface area contributed by atoms with Crippen LogP contribution < -0.4 is 25.0 Å². The maximum atomic E-state index is 14.2. The molecule has 0 fully saturated rings. The Morgan fingerprint density at radius 3 is 1.65 bits per heavy atom. The predicted molar refractivity (Wildman–Crippen MR) is 371 cm³/mol. The number of hydrogen-bond donors (Lipinski definition) is 2. The molecule has 2 unspecified atom stereocenters. The molecule has 7 rings (SSSR count). The van der Waals surface area contributed by atoms with E-state index < -0.39 is 18.0 Å². The Morgan fingerprint density at radius 1 is 0.557 bits per heavy atom. The summed E-state index contributed by atoms with van der Waals surface area (Å²) < 4.78 is 48.3. The Hall–Kier alpha value is -7.90. The molecule has 2 atom stereocenters. The maximum absolute atomic E-state index is 14.2. The maximum Gasteiger partial charge on any atom is 0.471 e. The summed E-state index contributed by atoms with van der Waals surface area (Å²) >= 11 is 5.63. The summed E-state index contributed by atoms with van der Waals surface area (Å²) in [4.78, 5) is 113. The largest absolute Gasteiger partial charge is 0.471 e. The van der Waals surface area contributed by atoms with Gasteiger partial charge in [0.15, 0.2) is 0 Å². The van der Waals surface area contributed by atoms with E-state index in [9.17, 15) is 51.5 Å². The van der Waals surface area contributed by atoms with E-state index in [1.54, 1.807) is 19.6 Å². The van der Waals surface area contributed by atoms with Crippen LogP contribution in [0.5, 0.6) is 0 Å². The molecule has 0 saturated carbocycles. The number of rotatable bonds is 41. The first-order valence-electron chi connectivity index (χ1n) is 34.6. The highest BCUT2D eigenvalue weighted by Gasteiger charge is 2.38. The Bertz CT molecular complexity index is 3460. The minimum atomic E-state index is -4.95. The molecule has 1 aromatic heterocycles. The number of ketones is 4. The van der Waals surface area contributed by atoms with Gasteiger partial charge < -0.3 is 24.6 Å². The number of carbonyl (C=O) groups excluding carboxylic acids is 8. The molecule has 0 aliphatic carbocycles. The SMILES string of the molecule is CCCOCCCCC(=O)C(CCCCNC(=O)C(F)(F)F)CC(=O)CCC(=O)N1Cc2ccccc2C#Cc2ccccc21.CCCOCCCCC(=O)C(CCCCNCl)CC(=O)CCC(=O)N1Cc2ccccc2-c2nnn(N(CCC)C(=O)CCC)c2-c2ccccc21. The second-order valence-electron chi connectivity index (χ2n) is 24.6. The molecule has 4 aromatic carbocycles. The quantitative estimate of drug-likeness (QED) is 0.0212. The Morgan fingerprint density at radius 2 is 1.07 bits per heavy atom. The summed E-state index contributed by atoms with van der Waals surface area (Å²) in [5.41, 5.74) is 7.47. The molecule has 4 amide bonds. The smallest absolute Gasteiger partial charge is 0.381 e. The van der Waals surface area contributed by atoms with Crippen molar-refractivity contribution in [1.82, 2.24) is 25.3 Å². The minimum absolute atomic E-state index is 0.00248. The second kappa shape index (κ2) is 42.0. The lowest BCUT2D eigenvalue weighted by atomic mass is 9.88. The number of halogens is 4. The third-order valence-electron chi connectivity index (χ3n) is 16.9. The number of nitrogens with zero attached hydrogens (tertiary/aromatic N) is 6. The van der Waals surface area contributed by atoms with Gasteiger partial charge in [0.25, 0.3) is 0 Å². The van der Waals surface area contributed by atoms with Gasteiger partial charge in [0.2, 0.25) is 17.7 Å². The zero-order valence-corrected chi connectivity index (χ0v) is 57.6. The van der Waals surface area contributed by atoms with Crippen LogP contribution in [0.3, 0.4) is 0 Å². The summed E-state index contributed by atoms with van der Waals surface area (Å²) in [7, 11) is 0. The van der Waals surface area contributed by atoms with Crippen molar-refractivity contribution in [3.63, 3.8) is 0 Å². The van der Waals surface area contributed by atoms with Gasteiger partial charge in [-0.25, -0.2) is 9.84 Å². The first-order chi connectivity index (χ1) is 46.9. The van der Waals surface area contributed by atoms with Gasteiger partial charge in [-0.15, -0.1) is 9.89 Å². The Balaban J connectivity index is 0.000000310. The fourth-order valence-corrected chi connectivity index (χ4v) is 11.9. The highest BCUT2D eigenvalue weighted by molar-refractivity contribution is 6.13. The van der Waals surface area contributed by atoms with Gasteiger partial charge in [-0.3, -0.25) is 38.4 Å². The van der Waals surface area contributed by atoms with Crippen LogP contribution in [0.25, 0.3) is 22.5 Å². The van der Waals surface area contributed by atoms with Crippen molar-refractivity contribution in [2.45, 2.75) is 195 Å². The molecule has 524 valence electrons. The highest BCUT2D eigenvalue weighted by atomic mass is 35.5. The van der Waals surface area contributed by atoms with Crippen LogP contribution in [-0.4, -0.2) is 114 Å². The van der Waals surface area contributed by atoms with Crippen LogP contribution in [0.2, 0.25) is 0 Å². The summed E-state index contributed by atoms with van der Waals surface area (Å²) in [6.07, 6.45) is 5.38. The average molecular weight is 1360 g/mol. The van der Waals surface area contributed by atoms with Gasteiger partial charge in [-0.05, 0) is 129 Å². The van der Waals surface area contributed by atoms with Gasteiger partial charge in [0.1, 0.15) is 34.5 Å². The van der Waals surface area contributed by atoms with Crippen molar-refractivity contribution in [1.29, 1.82) is 0 Å². The van der Waals surface area contributed by atoms with Gasteiger partial charge >= 0.3 is 12.1 Å². The first-order valence-corrected chi connectivity index (χ1v) is 35.0. The normalized spacial score (nSPS) is 12.8. The van der Waals surface area contributed by atoms with E-state index >= 15 is 0 Å². The van der Waals surface area contributed by atoms with Gasteiger partial charge in [0.05, 0.1) is 24.5 Å². The van der Waals surface area contributed by atoms with E-state index in [2.05, 4.69) is 33.9 Å². The van der Waals surface area contributed by atoms with Crippen molar-refractivity contribution in [3.8, 4) is 34.4 Å². The lowest BCUT2D eigenvalue weighted by molar-refractivity contribution is -0.173. The van der Waals surface area contributed by atoms with E-state index in [1.165, 1.54) is 0 Å². The van der Waals surface area contributed by atoms with Gasteiger partial charge in [-0.2, -0.15) is 13.2 Å². The molecule has 22 heteroatoms. The predicted octanol–water partition coefficient (Wildman–Crippen LogP) is 13.9. The minimum Gasteiger partial charge on any atom is -0.381 e. The monoisotopic (exact) mass is 1360 g/mol. The van der Waals surface area contributed by atoms with Gasteiger partial charge in [-0.1, -0.05) is 125 Å². The number of para-hydroxylation sites is 2. The average Bonchev–Trinajstić information content (AvgIpc) is 1.69. The van der Waals surface area contributed by atoms with Crippen LogP contribution in [0.4, 0.5) is 24.5 Å². The Kier molecular flexibility index (Phi) is 33.8. The van der Waals surface area contributed by atoms with E-state index in [0.717, 1.165) is 72.8 Å². The van der Waals surface area contributed by atoms with E-state index in [4.69, 9.17) is 21.3 Å². The van der Waals surface area contributed by atoms with Crippen molar-refractivity contribution < 1.29 is 61.0 Å². The molecule has 0 spiro atoms. The Labute approximate surface area is 574 Å².